The molecule has 2 aromatic heterocycles. The molecule has 2 N–H and O–H groups in total. The summed E-state index contributed by atoms with van der Waals surface area (Å²) < 4.78 is 7.36. The van der Waals surface area contributed by atoms with Gasteiger partial charge in [0.15, 0.2) is 11.4 Å². The van der Waals surface area contributed by atoms with E-state index in [1.54, 1.807) is 23.0 Å². The standard InChI is InChI=1S/C14H17N5O3/c1-8(2)7-22-11-5-10(18-19-4-3-15-12(11)19)9-6-16-14(21)17-13(9)20/h3-5,8-9H,6-7H2,1-2H3,(H2,16,17,20,21). The molecular formula is C14H17N5O3. The number of fused-ring (bicyclic) bond motifs is 1. The Hall–Kier alpha value is -2.64. The van der Waals surface area contributed by atoms with Crippen LogP contribution in [-0.2, 0) is 4.79 Å². The fraction of sp³-hybridized carbons (Fsp3) is 0.429. The van der Waals surface area contributed by atoms with Crippen LogP contribution in [0.1, 0.15) is 25.5 Å². The van der Waals surface area contributed by atoms with Gasteiger partial charge in [0.05, 0.1) is 18.2 Å². The van der Waals surface area contributed by atoms with Gasteiger partial charge in [-0.25, -0.2) is 14.3 Å². The van der Waals surface area contributed by atoms with Crippen LogP contribution in [0.5, 0.6) is 5.75 Å². The number of rotatable bonds is 4. The SMILES string of the molecule is CC(C)COc1cc(C2CNC(=O)NC2=O)nn2ccnc12. The predicted octanol–water partition coefficient (Wildman–Crippen LogP) is 0.687. The van der Waals surface area contributed by atoms with E-state index in [0.29, 0.717) is 29.6 Å². The third-order valence-electron chi connectivity index (χ3n) is 3.29. The molecule has 1 aliphatic heterocycles. The molecule has 0 bridgehead atoms. The zero-order chi connectivity index (χ0) is 15.7. The van der Waals surface area contributed by atoms with Crippen molar-refractivity contribution >= 4 is 17.6 Å². The molecule has 0 saturated carbocycles. The monoisotopic (exact) mass is 303 g/mol. The van der Waals surface area contributed by atoms with Crippen molar-refractivity contribution in [3.8, 4) is 5.75 Å². The third kappa shape index (κ3) is 2.72. The van der Waals surface area contributed by atoms with Crippen molar-refractivity contribution in [1.82, 2.24) is 25.2 Å². The van der Waals surface area contributed by atoms with E-state index in [1.807, 2.05) is 0 Å². The Labute approximate surface area is 126 Å². The largest absolute Gasteiger partial charge is 0.489 e. The lowest BCUT2D eigenvalue weighted by atomic mass is 10.0. The summed E-state index contributed by atoms with van der Waals surface area (Å²) in [5.41, 5.74) is 1.13. The van der Waals surface area contributed by atoms with Gasteiger partial charge in [0, 0.05) is 25.0 Å². The summed E-state index contributed by atoms with van der Waals surface area (Å²) in [5, 5.41) is 9.22. The minimum Gasteiger partial charge on any atom is -0.489 e. The molecule has 3 rings (SSSR count). The lowest BCUT2D eigenvalue weighted by Crippen LogP contribution is -2.51. The molecule has 2 aromatic rings. The van der Waals surface area contributed by atoms with Crippen molar-refractivity contribution in [3.63, 3.8) is 0 Å². The normalized spacial score (nSPS) is 18.4. The second-order valence-electron chi connectivity index (χ2n) is 5.59. The van der Waals surface area contributed by atoms with E-state index in [-0.39, 0.29) is 12.5 Å². The van der Waals surface area contributed by atoms with E-state index in [1.165, 1.54) is 0 Å². The van der Waals surface area contributed by atoms with E-state index in [2.05, 4.69) is 34.6 Å². The molecule has 22 heavy (non-hydrogen) atoms. The molecule has 0 radical (unpaired) electrons. The van der Waals surface area contributed by atoms with Crippen LogP contribution in [0.4, 0.5) is 4.79 Å². The Morgan fingerprint density at radius 1 is 1.45 bits per heavy atom. The second-order valence-corrected chi connectivity index (χ2v) is 5.59. The van der Waals surface area contributed by atoms with Gasteiger partial charge in [-0.05, 0) is 5.92 Å². The lowest BCUT2D eigenvalue weighted by molar-refractivity contribution is -0.122. The van der Waals surface area contributed by atoms with Crippen LogP contribution in [-0.4, -0.2) is 39.7 Å². The number of hydrogen-bond donors (Lipinski definition) is 2. The van der Waals surface area contributed by atoms with Gasteiger partial charge in [-0.3, -0.25) is 10.1 Å². The number of aromatic nitrogens is 3. The molecule has 1 atom stereocenters. The Morgan fingerprint density at radius 3 is 3.00 bits per heavy atom. The zero-order valence-corrected chi connectivity index (χ0v) is 12.4. The molecule has 116 valence electrons. The highest BCUT2D eigenvalue weighted by Crippen LogP contribution is 2.24. The molecule has 1 saturated heterocycles. The molecule has 0 aromatic carbocycles. The fourth-order valence-electron chi connectivity index (χ4n) is 2.21. The first-order chi connectivity index (χ1) is 10.5. The van der Waals surface area contributed by atoms with Crippen molar-refractivity contribution in [1.29, 1.82) is 0 Å². The van der Waals surface area contributed by atoms with Crippen LogP contribution in [0.3, 0.4) is 0 Å². The van der Waals surface area contributed by atoms with E-state index < -0.39 is 11.9 Å². The summed E-state index contributed by atoms with van der Waals surface area (Å²) in [7, 11) is 0. The Morgan fingerprint density at radius 2 is 2.27 bits per heavy atom. The quantitative estimate of drug-likeness (QED) is 0.866. The van der Waals surface area contributed by atoms with Crippen molar-refractivity contribution in [2.24, 2.45) is 5.92 Å². The molecule has 0 aliphatic carbocycles. The van der Waals surface area contributed by atoms with Crippen LogP contribution in [0.2, 0.25) is 0 Å². The molecule has 1 unspecified atom stereocenters. The maximum absolute atomic E-state index is 12.0. The number of amides is 3. The molecular weight excluding hydrogens is 286 g/mol. The average molecular weight is 303 g/mol. The van der Waals surface area contributed by atoms with Crippen molar-refractivity contribution < 1.29 is 14.3 Å². The maximum Gasteiger partial charge on any atom is 0.321 e. The minimum atomic E-state index is -0.550. The molecule has 3 heterocycles. The highest BCUT2D eigenvalue weighted by Gasteiger charge is 2.30. The van der Waals surface area contributed by atoms with Crippen molar-refractivity contribution in [2.45, 2.75) is 19.8 Å². The number of carbonyl (C=O) groups is 2. The molecule has 1 fully saturated rings. The van der Waals surface area contributed by atoms with Crippen LogP contribution >= 0.6 is 0 Å². The van der Waals surface area contributed by atoms with Crippen molar-refractivity contribution in [2.75, 3.05) is 13.2 Å². The smallest absolute Gasteiger partial charge is 0.321 e. The first-order valence-corrected chi connectivity index (χ1v) is 7.10. The number of imide groups is 1. The van der Waals surface area contributed by atoms with Crippen LogP contribution in [0, 0.1) is 5.92 Å². The summed E-state index contributed by atoms with van der Waals surface area (Å²) >= 11 is 0. The number of nitrogens with zero attached hydrogens (tertiary/aromatic N) is 3. The summed E-state index contributed by atoms with van der Waals surface area (Å²) in [5.74, 6) is 0.0220. The molecule has 8 heteroatoms. The van der Waals surface area contributed by atoms with E-state index >= 15 is 0 Å². The number of urea groups is 1. The average Bonchev–Trinajstić information content (AvgIpc) is 2.93. The number of nitrogens with one attached hydrogen (secondary N) is 2. The molecule has 3 amide bonds. The number of ether oxygens (including phenoxy) is 1. The summed E-state index contributed by atoms with van der Waals surface area (Å²) in [6, 6.07) is 1.23. The van der Waals surface area contributed by atoms with Gasteiger partial charge >= 0.3 is 6.03 Å². The number of carbonyl (C=O) groups excluding carboxylic acids is 2. The molecule has 1 aliphatic rings. The minimum absolute atomic E-state index is 0.210. The number of imidazole rings is 1. The Balaban J connectivity index is 1.96. The van der Waals surface area contributed by atoms with Crippen LogP contribution in [0.25, 0.3) is 5.65 Å². The predicted molar refractivity (Wildman–Crippen MR) is 77.6 cm³/mol. The summed E-state index contributed by atoms with van der Waals surface area (Å²) in [6.45, 7) is 4.85. The van der Waals surface area contributed by atoms with E-state index in [0.717, 1.165) is 0 Å². The van der Waals surface area contributed by atoms with Gasteiger partial charge in [-0.15, -0.1) is 0 Å². The van der Waals surface area contributed by atoms with Crippen molar-refractivity contribution in [3.05, 3.63) is 24.2 Å². The van der Waals surface area contributed by atoms with Gasteiger partial charge in [-0.2, -0.15) is 5.10 Å². The highest BCUT2D eigenvalue weighted by molar-refractivity contribution is 6.00. The van der Waals surface area contributed by atoms with Crippen LogP contribution < -0.4 is 15.4 Å². The number of hydrogen-bond acceptors (Lipinski definition) is 5. The first-order valence-electron chi connectivity index (χ1n) is 7.10. The zero-order valence-electron chi connectivity index (χ0n) is 12.4. The Kier molecular flexibility index (Phi) is 3.66. The molecule has 0 spiro atoms. The van der Waals surface area contributed by atoms with Gasteiger partial charge in [0.1, 0.15) is 0 Å². The Bertz CT molecular complexity index is 724. The van der Waals surface area contributed by atoms with Gasteiger partial charge in [0.25, 0.3) is 0 Å². The topological polar surface area (TPSA) is 97.6 Å². The lowest BCUT2D eigenvalue weighted by Gasteiger charge is -2.22. The van der Waals surface area contributed by atoms with Gasteiger partial charge in [0.2, 0.25) is 5.91 Å². The van der Waals surface area contributed by atoms with E-state index in [9.17, 15) is 9.59 Å². The fourth-order valence-corrected chi connectivity index (χ4v) is 2.21. The molecule has 8 nitrogen and oxygen atoms in total. The summed E-state index contributed by atoms with van der Waals surface area (Å²) in [6.07, 6.45) is 3.32. The first kappa shape index (κ1) is 14.3. The summed E-state index contributed by atoms with van der Waals surface area (Å²) in [4.78, 5) is 27.4. The highest BCUT2D eigenvalue weighted by atomic mass is 16.5. The second kappa shape index (κ2) is 5.63. The van der Waals surface area contributed by atoms with Gasteiger partial charge < -0.3 is 10.1 Å². The third-order valence-corrected chi connectivity index (χ3v) is 3.29. The van der Waals surface area contributed by atoms with Crippen LogP contribution in [0.15, 0.2) is 18.5 Å². The maximum atomic E-state index is 12.0. The van der Waals surface area contributed by atoms with E-state index in [4.69, 9.17) is 4.74 Å². The van der Waals surface area contributed by atoms with Gasteiger partial charge in [-0.1, -0.05) is 13.8 Å².